The maximum atomic E-state index is 12.9. The third-order valence-electron chi connectivity index (χ3n) is 4.41. The van der Waals surface area contributed by atoms with Gasteiger partial charge in [-0.3, -0.25) is 19.8 Å². The van der Waals surface area contributed by atoms with E-state index in [9.17, 15) is 14.4 Å². The second-order valence-electron chi connectivity index (χ2n) is 6.72. The van der Waals surface area contributed by atoms with Crippen molar-refractivity contribution in [3.8, 4) is 0 Å². The van der Waals surface area contributed by atoms with E-state index >= 15 is 0 Å². The molecule has 4 rings (SSSR count). The summed E-state index contributed by atoms with van der Waals surface area (Å²) in [4.78, 5) is 37.3. The third-order valence-corrected chi connectivity index (χ3v) is 4.88. The Kier molecular flexibility index (Phi) is 5.17. The van der Waals surface area contributed by atoms with Crippen molar-refractivity contribution in [1.82, 2.24) is 9.99 Å². The molecule has 0 saturated heterocycles. The lowest BCUT2D eigenvalue weighted by Crippen LogP contribution is -2.40. The summed E-state index contributed by atoms with van der Waals surface area (Å²) >= 11 is 12.0. The van der Waals surface area contributed by atoms with E-state index in [1.54, 1.807) is 48.5 Å². The zero-order chi connectivity index (χ0) is 20.5. The highest BCUT2D eigenvalue weighted by Crippen LogP contribution is 2.24. The van der Waals surface area contributed by atoms with E-state index in [0.717, 1.165) is 12.8 Å². The number of hydrogen-bond acceptors (Lipinski definition) is 3. The molecule has 148 valence electrons. The largest absolute Gasteiger partial charge is 0.345 e. The number of aromatic nitrogens is 1. The van der Waals surface area contributed by atoms with E-state index in [1.165, 1.54) is 4.68 Å². The van der Waals surface area contributed by atoms with Gasteiger partial charge in [0.05, 0.1) is 5.52 Å². The fourth-order valence-corrected chi connectivity index (χ4v) is 3.24. The fraction of sp³-hybridized carbons (Fsp3) is 0.150. The van der Waals surface area contributed by atoms with Gasteiger partial charge < -0.3 is 10.6 Å². The molecule has 1 saturated carbocycles. The minimum Gasteiger partial charge on any atom is -0.345 e. The van der Waals surface area contributed by atoms with Gasteiger partial charge in [0, 0.05) is 27.2 Å². The highest BCUT2D eigenvalue weighted by molar-refractivity contribution is 6.38. The van der Waals surface area contributed by atoms with Crippen molar-refractivity contribution >= 4 is 57.5 Å². The van der Waals surface area contributed by atoms with Crippen molar-refractivity contribution in [3.63, 3.8) is 0 Å². The Labute approximate surface area is 175 Å². The number of nitrogens with zero attached hydrogens (tertiary/aromatic N) is 1. The van der Waals surface area contributed by atoms with Crippen molar-refractivity contribution in [1.29, 1.82) is 0 Å². The summed E-state index contributed by atoms with van der Waals surface area (Å²) in [7, 11) is 0. The molecule has 29 heavy (non-hydrogen) atoms. The Morgan fingerprint density at radius 1 is 0.931 bits per heavy atom. The maximum absolute atomic E-state index is 12.9. The molecule has 3 amide bonds. The van der Waals surface area contributed by atoms with Crippen LogP contribution in [0.5, 0.6) is 0 Å². The Bertz CT molecular complexity index is 1140. The minimum absolute atomic E-state index is 0.0408. The Balaban J connectivity index is 1.66. The topological polar surface area (TPSA) is 92.2 Å². The van der Waals surface area contributed by atoms with Gasteiger partial charge in [-0.25, -0.2) is 4.68 Å². The number of halogens is 2. The number of carbonyl (C=O) groups is 3. The van der Waals surface area contributed by atoms with Gasteiger partial charge in [0.1, 0.15) is 5.69 Å². The first-order chi connectivity index (χ1) is 13.9. The smallest absolute Gasteiger partial charge is 0.328 e. The summed E-state index contributed by atoms with van der Waals surface area (Å²) in [6.07, 6.45) is 1.72. The molecule has 9 heteroatoms. The van der Waals surface area contributed by atoms with Gasteiger partial charge in [-0.05, 0) is 55.3 Å². The first-order valence-electron chi connectivity index (χ1n) is 8.90. The van der Waals surface area contributed by atoms with Crippen LogP contribution in [0, 0.1) is 0 Å². The number of amides is 3. The number of hydrogen-bond donors (Lipinski definition) is 3. The molecule has 1 fully saturated rings. The summed E-state index contributed by atoms with van der Waals surface area (Å²) in [5.74, 6) is -2.09. The molecule has 0 atom stereocenters. The van der Waals surface area contributed by atoms with Crippen LogP contribution in [-0.2, 0) is 9.59 Å². The summed E-state index contributed by atoms with van der Waals surface area (Å²) in [5, 5.41) is 6.94. The molecule has 0 bridgehead atoms. The van der Waals surface area contributed by atoms with Crippen LogP contribution in [0.2, 0.25) is 10.0 Å². The number of rotatable bonds is 4. The predicted octanol–water partition coefficient (Wildman–Crippen LogP) is 3.55. The number of anilines is 1. The number of nitrogens with one attached hydrogen (secondary N) is 3. The van der Waals surface area contributed by atoms with Crippen molar-refractivity contribution in [2.45, 2.75) is 18.9 Å². The van der Waals surface area contributed by atoms with Crippen LogP contribution in [0.15, 0.2) is 48.5 Å². The quantitative estimate of drug-likeness (QED) is 0.552. The standard InChI is InChI=1S/C20H16Cl2N4O3/c21-12-2-1-3-15(10-12)24-18(27)17-9-11-8-13(22)4-7-16(11)26(17)25-20(29)19(28)23-14-5-6-14/h1-4,7-10,14H,5-6H2,(H,23,28)(H,24,27)(H,25,29). The van der Waals surface area contributed by atoms with E-state index in [4.69, 9.17) is 23.2 Å². The van der Waals surface area contributed by atoms with Crippen LogP contribution >= 0.6 is 23.2 Å². The predicted molar refractivity (Wildman–Crippen MR) is 112 cm³/mol. The van der Waals surface area contributed by atoms with Crippen molar-refractivity contribution in [3.05, 3.63) is 64.3 Å². The van der Waals surface area contributed by atoms with Crippen LogP contribution < -0.4 is 16.1 Å². The highest BCUT2D eigenvalue weighted by atomic mass is 35.5. The van der Waals surface area contributed by atoms with Crippen LogP contribution in [0.1, 0.15) is 23.3 Å². The molecule has 1 aliphatic rings. The Morgan fingerprint density at radius 2 is 1.69 bits per heavy atom. The second-order valence-corrected chi connectivity index (χ2v) is 7.59. The summed E-state index contributed by atoms with van der Waals surface area (Å²) in [6, 6.07) is 13.3. The van der Waals surface area contributed by atoms with Gasteiger partial charge in [-0.1, -0.05) is 29.3 Å². The third kappa shape index (κ3) is 4.36. The first-order valence-corrected chi connectivity index (χ1v) is 9.66. The van der Waals surface area contributed by atoms with Gasteiger partial charge in [-0.2, -0.15) is 0 Å². The van der Waals surface area contributed by atoms with Crippen molar-refractivity contribution in [2.24, 2.45) is 0 Å². The first kappa shape index (κ1) is 19.3. The Morgan fingerprint density at radius 3 is 2.41 bits per heavy atom. The molecular weight excluding hydrogens is 415 g/mol. The lowest BCUT2D eigenvalue weighted by Gasteiger charge is -2.12. The zero-order valence-corrected chi connectivity index (χ0v) is 16.6. The van der Waals surface area contributed by atoms with E-state index < -0.39 is 17.7 Å². The minimum atomic E-state index is -0.860. The average Bonchev–Trinajstić information content (AvgIpc) is 3.42. The molecule has 0 spiro atoms. The van der Waals surface area contributed by atoms with Gasteiger partial charge in [-0.15, -0.1) is 0 Å². The van der Waals surface area contributed by atoms with Gasteiger partial charge in [0.25, 0.3) is 5.91 Å². The Hall–Kier alpha value is -3.03. The summed E-state index contributed by atoms with van der Waals surface area (Å²) in [5.41, 5.74) is 3.66. The molecule has 1 heterocycles. The SMILES string of the molecule is O=C(NC1CC1)C(=O)Nn1c(C(=O)Nc2cccc(Cl)c2)cc2cc(Cl)ccc21. The average molecular weight is 431 g/mol. The van der Waals surface area contributed by atoms with Crippen molar-refractivity contribution in [2.75, 3.05) is 10.7 Å². The molecule has 1 aromatic heterocycles. The number of benzene rings is 2. The van der Waals surface area contributed by atoms with E-state index in [0.29, 0.717) is 26.6 Å². The highest BCUT2D eigenvalue weighted by Gasteiger charge is 2.27. The zero-order valence-electron chi connectivity index (χ0n) is 15.0. The molecule has 0 unspecified atom stereocenters. The summed E-state index contributed by atoms with van der Waals surface area (Å²) in [6.45, 7) is 0. The molecule has 3 N–H and O–H groups in total. The normalized spacial score (nSPS) is 13.2. The monoisotopic (exact) mass is 430 g/mol. The molecule has 0 radical (unpaired) electrons. The van der Waals surface area contributed by atoms with E-state index in [1.807, 2.05) is 0 Å². The maximum Gasteiger partial charge on any atom is 0.328 e. The van der Waals surface area contributed by atoms with Gasteiger partial charge >= 0.3 is 11.8 Å². The lowest BCUT2D eigenvalue weighted by molar-refractivity contribution is -0.136. The second kappa shape index (κ2) is 7.77. The molecule has 7 nitrogen and oxygen atoms in total. The van der Waals surface area contributed by atoms with E-state index in [2.05, 4.69) is 16.1 Å². The number of fused-ring (bicyclic) bond motifs is 1. The van der Waals surface area contributed by atoms with Crippen molar-refractivity contribution < 1.29 is 14.4 Å². The van der Waals surface area contributed by atoms with Crippen LogP contribution in [0.4, 0.5) is 5.69 Å². The molecule has 1 aliphatic carbocycles. The van der Waals surface area contributed by atoms with Gasteiger partial charge in [0.2, 0.25) is 0 Å². The number of carbonyl (C=O) groups excluding carboxylic acids is 3. The van der Waals surface area contributed by atoms with E-state index in [-0.39, 0.29) is 11.7 Å². The molecule has 2 aromatic carbocycles. The van der Waals surface area contributed by atoms with Crippen LogP contribution in [-0.4, -0.2) is 28.4 Å². The molecule has 3 aromatic rings. The lowest BCUT2D eigenvalue weighted by atomic mass is 10.2. The van der Waals surface area contributed by atoms with Crippen LogP contribution in [0.25, 0.3) is 10.9 Å². The molecular formula is C20H16Cl2N4O3. The molecule has 0 aliphatic heterocycles. The summed E-state index contributed by atoms with van der Waals surface area (Å²) < 4.78 is 1.28. The van der Waals surface area contributed by atoms with Gasteiger partial charge in [0.15, 0.2) is 0 Å². The van der Waals surface area contributed by atoms with Crippen LogP contribution in [0.3, 0.4) is 0 Å². The fourth-order valence-electron chi connectivity index (χ4n) is 2.87.